The molecule has 8 heteroatoms. The number of hydrogen-bond donors (Lipinski definition) is 1. The quantitative estimate of drug-likeness (QED) is 0.368. The lowest BCUT2D eigenvalue weighted by molar-refractivity contribution is -0.141. The van der Waals surface area contributed by atoms with Gasteiger partial charge in [-0.15, -0.1) is 11.8 Å². The SMILES string of the molecule is O=C(CCCCCSc1cccc(F)c1)Nc1ccnc(C(F)(F)F)c1. The van der Waals surface area contributed by atoms with Crippen LogP contribution in [0.2, 0.25) is 0 Å². The minimum absolute atomic E-state index is 0.0824. The molecular formula is C18H18F4N2OS. The molecule has 0 spiro atoms. The number of hydrogen-bond acceptors (Lipinski definition) is 3. The number of alkyl halides is 3. The summed E-state index contributed by atoms with van der Waals surface area (Å²) in [6, 6.07) is 8.50. The number of halogens is 4. The zero-order valence-corrected chi connectivity index (χ0v) is 14.7. The van der Waals surface area contributed by atoms with Gasteiger partial charge in [0.2, 0.25) is 5.91 Å². The van der Waals surface area contributed by atoms with Gasteiger partial charge in [-0.1, -0.05) is 12.5 Å². The van der Waals surface area contributed by atoms with E-state index in [-0.39, 0.29) is 23.8 Å². The van der Waals surface area contributed by atoms with Gasteiger partial charge in [0.25, 0.3) is 0 Å². The third-order valence-electron chi connectivity index (χ3n) is 3.45. The van der Waals surface area contributed by atoms with Gasteiger partial charge in [0, 0.05) is 23.2 Å². The van der Waals surface area contributed by atoms with E-state index >= 15 is 0 Å². The molecule has 0 aliphatic heterocycles. The fourth-order valence-electron chi connectivity index (χ4n) is 2.20. The van der Waals surface area contributed by atoms with Crippen LogP contribution in [0.15, 0.2) is 47.5 Å². The number of thioether (sulfide) groups is 1. The minimum Gasteiger partial charge on any atom is -0.326 e. The van der Waals surface area contributed by atoms with Crippen LogP contribution in [-0.2, 0) is 11.0 Å². The third kappa shape index (κ3) is 7.03. The van der Waals surface area contributed by atoms with Crippen molar-refractivity contribution in [3.63, 3.8) is 0 Å². The van der Waals surface area contributed by atoms with E-state index in [2.05, 4.69) is 10.3 Å². The van der Waals surface area contributed by atoms with E-state index in [4.69, 9.17) is 0 Å². The lowest BCUT2D eigenvalue weighted by atomic mass is 10.2. The number of pyridine rings is 1. The first kappa shape index (κ1) is 20.2. The summed E-state index contributed by atoms with van der Waals surface area (Å²) in [6.45, 7) is 0. The normalized spacial score (nSPS) is 11.4. The van der Waals surface area contributed by atoms with Crippen molar-refractivity contribution in [1.29, 1.82) is 0 Å². The second-order valence-electron chi connectivity index (χ2n) is 5.59. The van der Waals surface area contributed by atoms with E-state index in [1.54, 1.807) is 17.8 Å². The van der Waals surface area contributed by atoms with Crippen LogP contribution in [0, 0.1) is 5.82 Å². The molecule has 0 atom stereocenters. The van der Waals surface area contributed by atoms with Crippen molar-refractivity contribution in [2.24, 2.45) is 0 Å². The first-order valence-corrected chi connectivity index (χ1v) is 9.04. The highest BCUT2D eigenvalue weighted by molar-refractivity contribution is 7.99. The Kier molecular flexibility index (Phi) is 7.44. The largest absolute Gasteiger partial charge is 0.433 e. The minimum atomic E-state index is -4.54. The molecule has 0 unspecified atom stereocenters. The number of amides is 1. The van der Waals surface area contributed by atoms with Gasteiger partial charge in [-0.3, -0.25) is 9.78 Å². The Bertz CT molecular complexity index is 737. The molecule has 0 bridgehead atoms. The molecule has 0 aliphatic rings. The molecule has 1 heterocycles. The van der Waals surface area contributed by atoms with E-state index in [1.165, 1.54) is 18.2 Å². The Morgan fingerprint density at radius 3 is 2.65 bits per heavy atom. The fourth-order valence-corrected chi connectivity index (χ4v) is 3.15. The van der Waals surface area contributed by atoms with Gasteiger partial charge in [-0.2, -0.15) is 13.2 Å². The predicted octanol–water partition coefficient (Wildman–Crippen LogP) is 5.53. The van der Waals surface area contributed by atoms with Gasteiger partial charge in [-0.25, -0.2) is 4.39 Å². The van der Waals surface area contributed by atoms with Gasteiger partial charge < -0.3 is 5.32 Å². The van der Waals surface area contributed by atoms with Crippen molar-refractivity contribution < 1.29 is 22.4 Å². The van der Waals surface area contributed by atoms with E-state index < -0.39 is 11.9 Å². The Morgan fingerprint density at radius 2 is 1.92 bits per heavy atom. The standard InChI is InChI=1S/C18H18F4N2OS/c19-13-5-4-6-15(11-13)26-10-3-1-2-7-17(25)24-14-8-9-23-16(12-14)18(20,21)22/h4-6,8-9,11-12H,1-3,7,10H2,(H,23,24,25). The Labute approximate surface area is 153 Å². The van der Waals surface area contributed by atoms with E-state index in [1.807, 2.05) is 6.07 Å². The third-order valence-corrected chi connectivity index (χ3v) is 4.53. The van der Waals surface area contributed by atoms with Crippen molar-refractivity contribution in [1.82, 2.24) is 4.98 Å². The van der Waals surface area contributed by atoms with Crippen molar-refractivity contribution in [3.05, 3.63) is 54.1 Å². The topological polar surface area (TPSA) is 42.0 Å². The molecule has 2 rings (SSSR count). The molecule has 2 aromatic rings. The lowest BCUT2D eigenvalue weighted by Gasteiger charge is -2.09. The highest BCUT2D eigenvalue weighted by atomic mass is 32.2. The first-order valence-electron chi connectivity index (χ1n) is 8.06. The molecule has 1 aromatic carbocycles. The number of carbonyl (C=O) groups is 1. The molecule has 0 radical (unpaired) electrons. The monoisotopic (exact) mass is 386 g/mol. The van der Waals surface area contributed by atoms with E-state index in [9.17, 15) is 22.4 Å². The summed E-state index contributed by atoms with van der Waals surface area (Å²) in [5, 5.41) is 2.45. The fraction of sp³-hybridized carbons (Fsp3) is 0.333. The Hall–Kier alpha value is -2.09. The number of anilines is 1. The average molecular weight is 386 g/mol. The second-order valence-corrected chi connectivity index (χ2v) is 6.76. The zero-order valence-electron chi connectivity index (χ0n) is 13.9. The molecule has 140 valence electrons. The number of benzene rings is 1. The molecular weight excluding hydrogens is 368 g/mol. The maximum atomic E-state index is 13.0. The molecule has 0 saturated carbocycles. The molecule has 0 saturated heterocycles. The number of unbranched alkanes of at least 4 members (excludes halogenated alkanes) is 2. The molecule has 1 amide bonds. The van der Waals surface area contributed by atoms with Crippen LogP contribution in [-0.4, -0.2) is 16.6 Å². The van der Waals surface area contributed by atoms with Crippen LogP contribution in [0.25, 0.3) is 0 Å². The summed E-state index contributed by atoms with van der Waals surface area (Å²) in [6.07, 6.45) is -0.995. The lowest BCUT2D eigenvalue weighted by Crippen LogP contribution is -2.13. The second kappa shape index (κ2) is 9.56. The van der Waals surface area contributed by atoms with Crippen LogP contribution < -0.4 is 5.32 Å². The van der Waals surface area contributed by atoms with Crippen LogP contribution in [0.1, 0.15) is 31.4 Å². The molecule has 1 N–H and O–H groups in total. The summed E-state index contributed by atoms with van der Waals surface area (Å²) >= 11 is 1.55. The number of aromatic nitrogens is 1. The summed E-state index contributed by atoms with van der Waals surface area (Å²) in [5.74, 6) is 0.211. The number of rotatable bonds is 8. The van der Waals surface area contributed by atoms with Crippen molar-refractivity contribution in [3.8, 4) is 0 Å². The number of nitrogens with one attached hydrogen (secondary N) is 1. The Morgan fingerprint density at radius 1 is 1.12 bits per heavy atom. The van der Waals surface area contributed by atoms with E-state index in [0.717, 1.165) is 35.8 Å². The maximum Gasteiger partial charge on any atom is 0.433 e. The maximum absolute atomic E-state index is 13.0. The van der Waals surface area contributed by atoms with Crippen LogP contribution in [0.5, 0.6) is 0 Å². The highest BCUT2D eigenvalue weighted by Crippen LogP contribution is 2.28. The van der Waals surface area contributed by atoms with Crippen LogP contribution >= 0.6 is 11.8 Å². The summed E-state index contributed by atoms with van der Waals surface area (Å²) < 4.78 is 50.8. The van der Waals surface area contributed by atoms with Gasteiger partial charge in [0.05, 0.1) is 0 Å². The van der Waals surface area contributed by atoms with E-state index in [0.29, 0.717) is 6.42 Å². The van der Waals surface area contributed by atoms with Crippen molar-refractivity contribution in [2.75, 3.05) is 11.1 Å². The van der Waals surface area contributed by atoms with Gasteiger partial charge in [-0.05, 0) is 48.9 Å². The first-order chi connectivity index (χ1) is 12.3. The molecule has 0 aliphatic carbocycles. The molecule has 0 fully saturated rings. The van der Waals surface area contributed by atoms with Crippen molar-refractivity contribution in [2.45, 2.75) is 36.8 Å². The summed E-state index contributed by atoms with van der Waals surface area (Å²) in [4.78, 5) is 15.9. The summed E-state index contributed by atoms with van der Waals surface area (Å²) in [5.41, 5.74) is -0.955. The Balaban J connectivity index is 1.65. The number of carbonyl (C=O) groups excluding carboxylic acids is 1. The molecule has 3 nitrogen and oxygen atoms in total. The van der Waals surface area contributed by atoms with Crippen molar-refractivity contribution >= 4 is 23.4 Å². The van der Waals surface area contributed by atoms with Crippen LogP contribution in [0.3, 0.4) is 0 Å². The van der Waals surface area contributed by atoms with Crippen LogP contribution in [0.4, 0.5) is 23.2 Å². The predicted molar refractivity (Wildman–Crippen MR) is 93.5 cm³/mol. The average Bonchev–Trinajstić information content (AvgIpc) is 2.57. The summed E-state index contributed by atoms with van der Waals surface area (Å²) in [7, 11) is 0. The molecule has 1 aromatic heterocycles. The van der Waals surface area contributed by atoms with Gasteiger partial charge in [0.15, 0.2) is 0 Å². The van der Waals surface area contributed by atoms with Gasteiger partial charge >= 0.3 is 6.18 Å². The number of nitrogens with zero attached hydrogens (tertiary/aromatic N) is 1. The highest BCUT2D eigenvalue weighted by Gasteiger charge is 2.32. The zero-order chi connectivity index (χ0) is 19.0. The smallest absolute Gasteiger partial charge is 0.326 e. The van der Waals surface area contributed by atoms with Gasteiger partial charge in [0.1, 0.15) is 11.5 Å². The molecule has 26 heavy (non-hydrogen) atoms.